The third-order valence-electron chi connectivity index (χ3n) is 2.67. The Bertz CT molecular complexity index is 547. The molecule has 0 aliphatic carbocycles. The highest BCUT2D eigenvalue weighted by Gasteiger charge is 2.19. The van der Waals surface area contributed by atoms with E-state index in [1.807, 2.05) is 0 Å². The van der Waals surface area contributed by atoms with Crippen molar-refractivity contribution in [3.63, 3.8) is 0 Å². The van der Waals surface area contributed by atoms with Gasteiger partial charge in [0.2, 0.25) is 0 Å². The summed E-state index contributed by atoms with van der Waals surface area (Å²) in [6.07, 6.45) is -0.358. The molecule has 2 atom stereocenters. The summed E-state index contributed by atoms with van der Waals surface area (Å²) in [5, 5.41) is 36.6. The van der Waals surface area contributed by atoms with Crippen LogP contribution in [0.3, 0.4) is 0 Å². The van der Waals surface area contributed by atoms with Gasteiger partial charge in [-0.15, -0.1) is 0 Å². The van der Waals surface area contributed by atoms with Crippen LogP contribution in [0, 0.1) is 11.3 Å². The van der Waals surface area contributed by atoms with Crippen molar-refractivity contribution < 1.29 is 24.9 Å². The smallest absolute Gasteiger partial charge is 0.328 e. The summed E-state index contributed by atoms with van der Waals surface area (Å²) in [6.45, 7) is 0. The van der Waals surface area contributed by atoms with Gasteiger partial charge in [0.1, 0.15) is 11.9 Å². The number of carbonyl (C=O) groups is 1. The molecule has 0 bridgehead atoms. The molecule has 0 spiro atoms. The molecule has 1 aromatic carbocycles. The van der Waals surface area contributed by atoms with Crippen molar-refractivity contribution in [2.24, 2.45) is 0 Å². The predicted octanol–water partition coefficient (Wildman–Crippen LogP) is 1.10. The number of aliphatic hydroxyl groups is 2. The normalized spacial score (nSPS) is 13.7. The van der Waals surface area contributed by atoms with E-state index in [2.05, 4.69) is 0 Å². The van der Waals surface area contributed by atoms with E-state index in [4.69, 9.17) is 15.1 Å². The Morgan fingerprint density at radius 1 is 1.50 bits per heavy atom. The second kappa shape index (κ2) is 7.28. The van der Waals surface area contributed by atoms with E-state index in [9.17, 15) is 15.0 Å². The standard InChI is InChI=1S/C14H15NO5/c1-20-12-4-2-10(14(19)11(16)6-7-15)8-9(12)3-5-13(17)18/h2-5,8,11,14,16,19H,6H2,1H3,(H,17,18)/b5-3+. The van der Waals surface area contributed by atoms with Gasteiger partial charge in [0.25, 0.3) is 0 Å². The topological polar surface area (TPSA) is 111 Å². The molecule has 6 nitrogen and oxygen atoms in total. The van der Waals surface area contributed by atoms with Crippen LogP contribution in [-0.4, -0.2) is 34.5 Å². The lowest BCUT2D eigenvalue weighted by atomic mass is 9.99. The predicted molar refractivity (Wildman–Crippen MR) is 70.9 cm³/mol. The molecule has 0 saturated heterocycles. The van der Waals surface area contributed by atoms with Gasteiger partial charge < -0.3 is 20.1 Å². The largest absolute Gasteiger partial charge is 0.496 e. The van der Waals surface area contributed by atoms with Gasteiger partial charge in [0.05, 0.1) is 25.7 Å². The molecular formula is C14H15NO5. The summed E-state index contributed by atoms with van der Waals surface area (Å²) in [5.41, 5.74) is 0.828. The molecule has 0 radical (unpaired) electrons. The molecule has 106 valence electrons. The molecule has 0 fully saturated rings. The van der Waals surface area contributed by atoms with E-state index in [1.54, 1.807) is 18.2 Å². The van der Waals surface area contributed by atoms with Gasteiger partial charge in [0.15, 0.2) is 0 Å². The van der Waals surface area contributed by atoms with Crippen LogP contribution in [0.5, 0.6) is 5.75 Å². The summed E-state index contributed by atoms with van der Waals surface area (Å²) < 4.78 is 5.08. The number of aliphatic carboxylic acids is 1. The fraction of sp³-hybridized carbons (Fsp3) is 0.286. The molecule has 0 aromatic heterocycles. The molecule has 2 unspecified atom stereocenters. The van der Waals surface area contributed by atoms with Crippen LogP contribution in [0.1, 0.15) is 23.7 Å². The Morgan fingerprint density at radius 2 is 2.20 bits per heavy atom. The number of benzene rings is 1. The summed E-state index contributed by atoms with van der Waals surface area (Å²) in [7, 11) is 1.44. The number of hydrogen-bond donors (Lipinski definition) is 3. The lowest BCUT2D eigenvalue weighted by Crippen LogP contribution is -2.17. The summed E-state index contributed by atoms with van der Waals surface area (Å²) in [4.78, 5) is 10.5. The average Bonchev–Trinajstić information content (AvgIpc) is 2.44. The number of nitriles is 1. The molecule has 0 saturated carbocycles. The number of hydrogen-bond acceptors (Lipinski definition) is 5. The Hall–Kier alpha value is -2.36. The quantitative estimate of drug-likeness (QED) is 0.671. The molecule has 0 aliphatic rings. The maximum absolute atomic E-state index is 10.5. The highest BCUT2D eigenvalue weighted by Crippen LogP contribution is 2.26. The molecule has 1 aromatic rings. The summed E-state index contributed by atoms with van der Waals surface area (Å²) in [6, 6.07) is 6.37. The van der Waals surface area contributed by atoms with E-state index in [1.165, 1.54) is 19.3 Å². The SMILES string of the molecule is COc1ccc(C(O)C(O)CC#N)cc1/C=C/C(=O)O. The van der Waals surface area contributed by atoms with Crippen LogP contribution >= 0.6 is 0 Å². The van der Waals surface area contributed by atoms with Gasteiger partial charge in [-0.25, -0.2) is 4.79 Å². The van der Waals surface area contributed by atoms with Crippen LogP contribution in [0.25, 0.3) is 6.08 Å². The monoisotopic (exact) mass is 277 g/mol. The number of aliphatic hydroxyl groups excluding tert-OH is 2. The van der Waals surface area contributed by atoms with Crippen LogP contribution in [-0.2, 0) is 4.79 Å². The zero-order valence-electron chi connectivity index (χ0n) is 10.9. The molecule has 0 amide bonds. The first kappa shape index (κ1) is 15.7. The van der Waals surface area contributed by atoms with Gasteiger partial charge in [-0.2, -0.15) is 5.26 Å². The first-order valence-electron chi connectivity index (χ1n) is 5.81. The van der Waals surface area contributed by atoms with Crippen molar-refractivity contribution in [2.75, 3.05) is 7.11 Å². The minimum Gasteiger partial charge on any atom is -0.496 e. The highest BCUT2D eigenvalue weighted by atomic mass is 16.5. The summed E-state index contributed by atoms with van der Waals surface area (Å²) >= 11 is 0. The minimum absolute atomic E-state index is 0.201. The first-order chi connectivity index (χ1) is 9.49. The third-order valence-corrected chi connectivity index (χ3v) is 2.67. The number of methoxy groups -OCH3 is 1. The Labute approximate surface area is 116 Å². The van der Waals surface area contributed by atoms with Crippen LogP contribution in [0.2, 0.25) is 0 Å². The summed E-state index contributed by atoms with van der Waals surface area (Å²) in [5.74, 6) is -0.671. The average molecular weight is 277 g/mol. The van der Waals surface area contributed by atoms with E-state index in [0.717, 1.165) is 6.08 Å². The van der Waals surface area contributed by atoms with E-state index in [0.29, 0.717) is 16.9 Å². The molecule has 20 heavy (non-hydrogen) atoms. The zero-order valence-corrected chi connectivity index (χ0v) is 10.9. The van der Waals surface area contributed by atoms with Gasteiger partial charge in [-0.05, 0) is 23.8 Å². The van der Waals surface area contributed by atoms with Crippen molar-refractivity contribution in [3.8, 4) is 11.8 Å². The lowest BCUT2D eigenvalue weighted by Gasteiger charge is -2.17. The van der Waals surface area contributed by atoms with Crippen molar-refractivity contribution in [1.82, 2.24) is 0 Å². The maximum Gasteiger partial charge on any atom is 0.328 e. The van der Waals surface area contributed by atoms with Gasteiger partial charge in [-0.3, -0.25) is 0 Å². The number of ether oxygens (including phenoxy) is 1. The number of carboxylic acid groups (broad SMARTS) is 1. The fourth-order valence-corrected chi connectivity index (χ4v) is 1.66. The molecule has 1 rings (SSSR count). The molecule has 0 heterocycles. The molecule has 6 heteroatoms. The van der Waals surface area contributed by atoms with Crippen molar-refractivity contribution >= 4 is 12.0 Å². The van der Waals surface area contributed by atoms with E-state index >= 15 is 0 Å². The van der Waals surface area contributed by atoms with Crippen LogP contribution in [0.15, 0.2) is 24.3 Å². The number of rotatable bonds is 6. The number of nitrogens with zero attached hydrogens (tertiary/aromatic N) is 1. The minimum atomic E-state index is -1.22. The number of carboxylic acids is 1. The highest BCUT2D eigenvalue weighted by molar-refractivity contribution is 5.86. The second-order valence-corrected chi connectivity index (χ2v) is 4.05. The lowest BCUT2D eigenvalue weighted by molar-refractivity contribution is -0.131. The first-order valence-corrected chi connectivity index (χ1v) is 5.81. The molecule has 3 N–H and O–H groups in total. The van der Waals surface area contributed by atoms with Crippen LogP contribution in [0.4, 0.5) is 0 Å². The van der Waals surface area contributed by atoms with Crippen molar-refractivity contribution in [1.29, 1.82) is 5.26 Å². The van der Waals surface area contributed by atoms with Gasteiger partial charge in [-0.1, -0.05) is 6.07 Å². The van der Waals surface area contributed by atoms with E-state index in [-0.39, 0.29) is 6.42 Å². The van der Waals surface area contributed by atoms with Crippen molar-refractivity contribution in [2.45, 2.75) is 18.6 Å². The fourth-order valence-electron chi connectivity index (χ4n) is 1.66. The Morgan fingerprint density at radius 3 is 2.75 bits per heavy atom. The van der Waals surface area contributed by atoms with Gasteiger partial charge >= 0.3 is 5.97 Å². The van der Waals surface area contributed by atoms with Crippen molar-refractivity contribution in [3.05, 3.63) is 35.4 Å². The van der Waals surface area contributed by atoms with Gasteiger partial charge in [0, 0.05) is 11.6 Å². The van der Waals surface area contributed by atoms with Crippen LogP contribution < -0.4 is 4.74 Å². The second-order valence-electron chi connectivity index (χ2n) is 4.05. The third kappa shape index (κ3) is 4.09. The Kier molecular flexibility index (Phi) is 5.72. The molecular weight excluding hydrogens is 262 g/mol. The molecule has 0 aliphatic heterocycles. The maximum atomic E-state index is 10.5. The zero-order chi connectivity index (χ0) is 15.1. The Balaban J connectivity index is 3.09. The van der Waals surface area contributed by atoms with E-state index < -0.39 is 18.2 Å².